The third-order valence-electron chi connectivity index (χ3n) is 4.50. The summed E-state index contributed by atoms with van der Waals surface area (Å²) < 4.78 is 16.9. The van der Waals surface area contributed by atoms with Crippen molar-refractivity contribution in [3.8, 4) is 5.75 Å². The van der Waals surface area contributed by atoms with E-state index in [1.54, 1.807) is 18.4 Å². The summed E-state index contributed by atoms with van der Waals surface area (Å²) in [6, 6.07) is 6.85. The molecule has 0 N–H and O–H groups in total. The highest BCUT2D eigenvalue weighted by atomic mass is 16.5. The topological polar surface area (TPSA) is 52.6 Å². The van der Waals surface area contributed by atoms with Gasteiger partial charge in [0, 0.05) is 12.1 Å². The maximum atomic E-state index is 11.4. The first kappa shape index (κ1) is 13.4. The Morgan fingerprint density at radius 3 is 2.73 bits per heavy atom. The number of rotatable bonds is 3. The Kier molecular flexibility index (Phi) is 3.37. The van der Waals surface area contributed by atoms with E-state index in [1.165, 1.54) is 38.2 Å². The second-order valence-corrected chi connectivity index (χ2v) is 6.02. The second-order valence-electron chi connectivity index (χ2n) is 6.02. The maximum absolute atomic E-state index is 11.4. The summed E-state index contributed by atoms with van der Waals surface area (Å²) in [5.41, 5.74) is 0.825. The third kappa shape index (κ3) is 2.39. The minimum atomic E-state index is -0.364. The lowest BCUT2D eigenvalue weighted by Gasteiger charge is -2.22. The summed E-state index contributed by atoms with van der Waals surface area (Å²) >= 11 is 0. The second kappa shape index (κ2) is 5.52. The Hall–Kier alpha value is -2.23. The lowest BCUT2D eigenvalue weighted by molar-refractivity contribution is 0.212. The Morgan fingerprint density at radius 1 is 1.05 bits per heavy atom. The summed E-state index contributed by atoms with van der Waals surface area (Å²) in [7, 11) is 0. The van der Waals surface area contributed by atoms with Crippen LogP contribution in [0.1, 0.15) is 32.1 Å². The predicted octanol–water partition coefficient (Wildman–Crippen LogP) is 4.50. The van der Waals surface area contributed by atoms with Gasteiger partial charge in [-0.2, -0.15) is 0 Å². The van der Waals surface area contributed by atoms with Gasteiger partial charge in [0.15, 0.2) is 0 Å². The molecule has 0 bridgehead atoms. The molecule has 114 valence electrons. The van der Waals surface area contributed by atoms with Crippen molar-refractivity contribution in [1.29, 1.82) is 0 Å². The van der Waals surface area contributed by atoms with E-state index in [0.717, 1.165) is 16.5 Å². The molecule has 0 unspecified atom stereocenters. The van der Waals surface area contributed by atoms with Gasteiger partial charge in [0.05, 0.1) is 23.6 Å². The molecule has 2 heterocycles. The molecule has 1 fully saturated rings. The molecular formula is C18H18O4. The Labute approximate surface area is 127 Å². The number of hydrogen-bond acceptors (Lipinski definition) is 4. The van der Waals surface area contributed by atoms with Gasteiger partial charge in [0.1, 0.15) is 16.9 Å². The van der Waals surface area contributed by atoms with E-state index >= 15 is 0 Å². The lowest BCUT2D eigenvalue weighted by Crippen LogP contribution is -2.15. The molecule has 1 aromatic carbocycles. The van der Waals surface area contributed by atoms with Gasteiger partial charge in [-0.3, -0.25) is 0 Å². The SMILES string of the molecule is O=c1ccc2c(OCC3CCCCC3)c3ccoc3cc2o1. The van der Waals surface area contributed by atoms with Crippen LogP contribution in [0, 0.1) is 5.92 Å². The van der Waals surface area contributed by atoms with Crippen molar-refractivity contribution in [2.75, 3.05) is 6.61 Å². The highest BCUT2D eigenvalue weighted by Crippen LogP contribution is 2.36. The predicted molar refractivity (Wildman–Crippen MR) is 84.3 cm³/mol. The molecule has 4 rings (SSSR count). The molecular weight excluding hydrogens is 280 g/mol. The van der Waals surface area contributed by atoms with Gasteiger partial charge in [-0.25, -0.2) is 4.79 Å². The van der Waals surface area contributed by atoms with Crippen molar-refractivity contribution in [3.63, 3.8) is 0 Å². The zero-order valence-corrected chi connectivity index (χ0v) is 12.3. The fourth-order valence-corrected chi connectivity index (χ4v) is 3.32. The van der Waals surface area contributed by atoms with Crippen LogP contribution in [0.4, 0.5) is 0 Å². The first-order valence-electron chi connectivity index (χ1n) is 7.88. The first-order valence-corrected chi connectivity index (χ1v) is 7.88. The minimum Gasteiger partial charge on any atom is -0.492 e. The van der Waals surface area contributed by atoms with Gasteiger partial charge < -0.3 is 13.6 Å². The van der Waals surface area contributed by atoms with Crippen molar-refractivity contribution in [3.05, 3.63) is 40.9 Å². The number of fused-ring (bicyclic) bond motifs is 2. The van der Waals surface area contributed by atoms with E-state index < -0.39 is 0 Å². The standard InChI is InChI=1S/C18H18O4/c19-17-7-6-13-16(22-17)10-15-14(8-9-20-15)18(13)21-11-12-4-2-1-3-5-12/h6-10,12H,1-5,11H2. The molecule has 0 atom stereocenters. The Balaban J connectivity index is 1.75. The normalized spacial score (nSPS) is 16.4. The van der Waals surface area contributed by atoms with E-state index in [-0.39, 0.29) is 5.63 Å². The van der Waals surface area contributed by atoms with Crippen LogP contribution in [0.2, 0.25) is 0 Å². The molecule has 0 amide bonds. The van der Waals surface area contributed by atoms with Crippen molar-refractivity contribution >= 4 is 21.9 Å². The summed E-state index contributed by atoms with van der Waals surface area (Å²) in [6.07, 6.45) is 8.01. The molecule has 2 aromatic heterocycles. The average molecular weight is 298 g/mol. The largest absolute Gasteiger partial charge is 0.492 e. The zero-order valence-electron chi connectivity index (χ0n) is 12.3. The Bertz CT molecular complexity index is 852. The van der Waals surface area contributed by atoms with Crippen LogP contribution < -0.4 is 10.4 Å². The molecule has 4 nitrogen and oxygen atoms in total. The highest BCUT2D eigenvalue weighted by molar-refractivity contribution is 6.01. The molecule has 1 aliphatic carbocycles. The molecule has 0 spiro atoms. The van der Waals surface area contributed by atoms with Crippen LogP contribution in [0.5, 0.6) is 5.75 Å². The van der Waals surface area contributed by atoms with Crippen LogP contribution in [-0.4, -0.2) is 6.61 Å². The van der Waals surface area contributed by atoms with Crippen LogP contribution in [0.25, 0.3) is 21.9 Å². The van der Waals surface area contributed by atoms with E-state index in [0.29, 0.717) is 23.7 Å². The third-order valence-corrected chi connectivity index (χ3v) is 4.50. The smallest absolute Gasteiger partial charge is 0.336 e. The van der Waals surface area contributed by atoms with Gasteiger partial charge in [0.2, 0.25) is 0 Å². The molecule has 0 radical (unpaired) electrons. The van der Waals surface area contributed by atoms with Gasteiger partial charge in [-0.15, -0.1) is 0 Å². The average Bonchev–Trinajstić information content (AvgIpc) is 3.00. The van der Waals surface area contributed by atoms with E-state index in [2.05, 4.69) is 0 Å². The number of hydrogen-bond donors (Lipinski definition) is 0. The van der Waals surface area contributed by atoms with Crippen molar-refractivity contribution in [1.82, 2.24) is 0 Å². The summed E-state index contributed by atoms with van der Waals surface area (Å²) in [4.78, 5) is 11.4. The Morgan fingerprint density at radius 2 is 1.86 bits per heavy atom. The monoisotopic (exact) mass is 298 g/mol. The van der Waals surface area contributed by atoms with E-state index in [9.17, 15) is 4.79 Å². The van der Waals surface area contributed by atoms with Crippen molar-refractivity contribution in [2.45, 2.75) is 32.1 Å². The number of ether oxygens (including phenoxy) is 1. The van der Waals surface area contributed by atoms with Crippen LogP contribution in [0.3, 0.4) is 0 Å². The number of furan rings is 1. The lowest BCUT2D eigenvalue weighted by atomic mass is 9.90. The molecule has 3 aromatic rings. The molecule has 1 aliphatic rings. The molecule has 0 saturated heterocycles. The highest BCUT2D eigenvalue weighted by Gasteiger charge is 2.17. The van der Waals surface area contributed by atoms with Crippen LogP contribution >= 0.6 is 0 Å². The first-order chi connectivity index (χ1) is 10.8. The fraction of sp³-hybridized carbons (Fsp3) is 0.389. The molecule has 4 heteroatoms. The van der Waals surface area contributed by atoms with Gasteiger partial charge >= 0.3 is 5.63 Å². The molecule has 1 saturated carbocycles. The molecule has 0 aliphatic heterocycles. The van der Waals surface area contributed by atoms with Gasteiger partial charge in [0.25, 0.3) is 0 Å². The van der Waals surface area contributed by atoms with Crippen LogP contribution in [0.15, 0.2) is 44.2 Å². The quantitative estimate of drug-likeness (QED) is 0.668. The summed E-state index contributed by atoms with van der Waals surface area (Å²) in [6.45, 7) is 0.707. The maximum Gasteiger partial charge on any atom is 0.336 e. The fourth-order valence-electron chi connectivity index (χ4n) is 3.32. The molecule has 22 heavy (non-hydrogen) atoms. The minimum absolute atomic E-state index is 0.364. The van der Waals surface area contributed by atoms with Crippen molar-refractivity contribution < 1.29 is 13.6 Å². The number of benzene rings is 1. The van der Waals surface area contributed by atoms with Crippen molar-refractivity contribution in [2.24, 2.45) is 5.92 Å². The van der Waals surface area contributed by atoms with E-state index in [4.69, 9.17) is 13.6 Å². The van der Waals surface area contributed by atoms with E-state index in [1.807, 2.05) is 6.07 Å². The van der Waals surface area contributed by atoms with Gasteiger partial charge in [-0.1, -0.05) is 19.3 Å². The van der Waals surface area contributed by atoms with Gasteiger partial charge in [-0.05, 0) is 30.9 Å². The summed E-state index contributed by atoms with van der Waals surface area (Å²) in [5, 5.41) is 1.75. The summed E-state index contributed by atoms with van der Waals surface area (Å²) in [5.74, 6) is 1.37. The van der Waals surface area contributed by atoms with Crippen LogP contribution in [-0.2, 0) is 0 Å². The zero-order chi connectivity index (χ0) is 14.9.